The van der Waals surface area contributed by atoms with Crippen molar-refractivity contribution in [3.05, 3.63) is 94.1 Å². The van der Waals surface area contributed by atoms with Gasteiger partial charge in [-0.3, -0.25) is 4.79 Å². The lowest BCUT2D eigenvalue weighted by atomic mass is 9.50. The molecule has 1 amide bonds. The molecular formula is C35H36F5NO4. The molecule has 0 radical (unpaired) electrons. The molecule has 0 saturated heterocycles. The maximum Gasteiger partial charge on any atom is 0.456 e. The van der Waals surface area contributed by atoms with Crippen LogP contribution in [0.3, 0.4) is 0 Å². The normalized spacial score (nSPS) is 29.8. The number of fused-ring (bicyclic) bond motifs is 4. The summed E-state index contributed by atoms with van der Waals surface area (Å²) < 4.78 is 77.0. The van der Waals surface area contributed by atoms with E-state index in [0.717, 1.165) is 27.8 Å². The van der Waals surface area contributed by atoms with Crippen molar-refractivity contribution in [2.45, 2.75) is 88.6 Å². The zero-order chi connectivity index (χ0) is 32.2. The topological polar surface area (TPSA) is 75.6 Å². The predicted molar refractivity (Wildman–Crippen MR) is 156 cm³/mol. The smallest absolute Gasteiger partial charge is 0.445 e. The molecule has 0 aromatic heterocycles. The second kappa shape index (κ2) is 11.4. The van der Waals surface area contributed by atoms with E-state index in [1.165, 1.54) is 6.92 Å². The standard InChI is InChI=1S/C35H36F5NO4/c1-32-18-28(23-9-7-22(8-10-23)20-45-31(43)41-19-21-5-3-2-4-6-21)30-26-14-12-25(42)17-24(26)11-13-27(30)29(32)15-16-33(32,44)34(36,37)35(38,39)40/h2-10,17,27-29,44H,11-16,18-20H2,1H3,(H,41,43)/t27?,28-,29?,32+,33+/m1/s1. The summed E-state index contributed by atoms with van der Waals surface area (Å²) in [6, 6.07) is 16.4. The number of ketones is 1. The number of carbonyl (C=O) groups excluding carboxylic acids is 2. The van der Waals surface area contributed by atoms with Gasteiger partial charge >= 0.3 is 18.2 Å². The molecular weight excluding hydrogens is 593 g/mol. The van der Waals surface area contributed by atoms with E-state index >= 15 is 8.78 Å². The van der Waals surface area contributed by atoms with Crippen molar-refractivity contribution in [2.75, 3.05) is 0 Å². The van der Waals surface area contributed by atoms with Crippen LogP contribution < -0.4 is 5.32 Å². The Balaban J connectivity index is 1.29. The number of nitrogens with one attached hydrogen (secondary N) is 1. The molecule has 10 heteroatoms. The third-order valence-electron chi connectivity index (χ3n) is 10.8. The lowest BCUT2D eigenvalue weighted by molar-refractivity contribution is -0.362. The summed E-state index contributed by atoms with van der Waals surface area (Å²) in [6.07, 6.45) is -3.61. The SMILES string of the molecule is C[C@]12C[C@H](c3ccc(COC(=O)NCc4ccccc4)cc3)C3=C4CCC(=O)C=C4CCC3C1CC[C@@]2(O)C(F)(F)C(F)(F)F. The molecule has 5 atom stereocenters. The average molecular weight is 630 g/mol. The van der Waals surface area contributed by atoms with Gasteiger partial charge in [0, 0.05) is 24.3 Å². The molecule has 2 aromatic rings. The van der Waals surface area contributed by atoms with E-state index in [4.69, 9.17) is 4.74 Å². The molecule has 0 aliphatic heterocycles. The van der Waals surface area contributed by atoms with E-state index in [1.807, 2.05) is 30.3 Å². The summed E-state index contributed by atoms with van der Waals surface area (Å²) in [5, 5.41) is 14.1. The maximum absolute atomic E-state index is 15.2. The highest BCUT2D eigenvalue weighted by Crippen LogP contribution is 2.70. The van der Waals surface area contributed by atoms with Gasteiger partial charge in [0.2, 0.25) is 0 Å². The van der Waals surface area contributed by atoms with Gasteiger partial charge in [-0.05, 0) is 84.3 Å². The van der Waals surface area contributed by atoms with Crippen molar-refractivity contribution in [1.29, 1.82) is 0 Å². The van der Waals surface area contributed by atoms with Gasteiger partial charge in [-0.15, -0.1) is 0 Å². The van der Waals surface area contributed by atoms with Gasteiger partial charge in [0.05, 0.1) is 0 Å². The second-order valence-corrected chi connectivity index (χ2v) is 13.1. The average Bonchev–Trinajstić information content (AvgIpc) is 3.29. The summed E-state index contributed by atoms with van der Waals surface area (Å²) >= 11 is 0. The molecule has 240 valence electrons. The van der Waals surface area contributed by atoms with Crippen LogP contribution in [0.5, 0.6) is 0 Å². The number of amides is 1. The van der Waals surface area contributed by atoms with Crippen molar-refractivity contribution in [1.82, 2.24) is 5.32 Å². The van der Waals surface area contributed by atoms with Gasteiger partial charge in [0.25, 0.3) is 0 Å². The van der Waals surface area contributed by atoms with Crippen LogP contribution >= 0.6 is 0 Å². The van der Waals surface area contributed by atoms with Crippen LogP contribution in [-0.2, 0) is 22.7 Å². The molecule has 0 heterocycles. The molecule has 2 fully saturated rings. The number of halogens is 5. The molecule has 45 heavy (non-hydrogen) atoms. The molecule has 0 bridgehead atoms. The van der Waals surface area contributed by atoms with E-state index in [2.05, 4.69) is 5.32 Å². The first-order chi connectivity index (χ1) is 21.2. The number of aliphatic hydroxyl groups is 1. The van der Waals surface area contributed by atoms with Gasteiger partial charge < -0.3 is 15.2 Å². The summed E-state index contributed by atoms with van der Waals surface area (Å²) in [7, 11) is 0. The van der Waals surface area contributed by atoms with E-state index in [1.54, 1.807) is 30.3 Å². The van der Waals surface area contributed by atoms with E-state index in [-0.39, 0.29) is 31.1 Å². The Bertz CT molecular complexity index is 1530. The Morgan fingerprint density at radius 2 is 1.69 bits per heavy atom. The first kappa shape index (κ1) is 31.5. The fraction of sp³-hybridized carbons (Fsp3) is 0.486. The minimum absolute atomic E-state index is 0.0194. The Morgan fingerprint density at radius 3 is 2.38 bits per heavy atom. The Kier molecular flexibility index (Phi) is 7.95. The highest BCUT2D eigenvalue weighted by Gasteiger charge is 2.79. The quantitative estimate of drug-likeness (QED) is 0.318. The van der Waals surface area contributed by atoms with Crippen molar-refractivity contribution in [3.8, 4) is 0 Å². The Hall–Kier alpha value is -3.53. The van der Waals surface area contributed by atoms with E-state index < -0.39 is 47.5 Å². The molecule has 5 nitrogen and oxygen atoms in total. The fourth-order valence-electron chi connectivity index (χ4n) is 8.53. The zero-order valence-corrected chi connectivity index (χ0v) is 24.9. The number of allylic oxidation sites excluding steroid dienone is 4. The number of benzene rings is 2. The predicted octanol–water partition coefficient (Wildman–Crippen LogP) is 7.94. The van der Waals surface area contributed by atoms with Crippen molar-refractivity contribution in [3.63, 3.8) is 0 Å². The monoisotopic (exact) mass is 629 g/mol. The minimum atomic E-state index is -5.89. The van der Waals surface area contributed by atoms with Crippen molar-refractivity contribution < 1.29 is 41.4 Å². The fourth-order valence-corrected chi connectivity index (χ4v) is 8.53. The first-order valence-electron chi connectivity index (χ1n) is 15.4. The van der Waals surface area contributed by atoms with Gasteiger partial charge in [-0.2, -0.15) is 22.0 Å². The van der Waals surface area contributed by atoms with Crippen LogP contribution in [0.25, 0.3) is 0 Å². The van der Waals surface area contributed by atoms with Crippen LogP contribution in [0.2, 0.25) is 0 Å². The van der Waals surface area contributed by atoms with Gasteiger partial charge in [0.15, 0.2) is 5.78 Å². The van der Waals surface area contributed by atoms with Crippen LogP contribution in [0.1, 0.15) is 74.5 Å². The van der Waals surface area contributed by atoms with Gasteiger partial charge in [0.1, 0.15) is 12.2 Å². The molecule has 6 rings (SSSR count). The highest BCUT2D eigenvalue weighted by atomic mass is 19.4. The number of alkyl carbamates (subject to hydrolysis) is 1. The molecule has 2 unspecified atom stereocenters. The summed E-state index contributed by atoms with van der Waals surface area (Å²) in [6.45, 7) is 1.69. The largest absolute Gasteiger partial charge is 0.456 e. The molecule has 4 aliphatic rings. The Labute approximate surface area is 258 Å². The van der Waals surface area contributed by atoms with Crippen LogP contribution in [-0.4, -0.2) is 34.7 Å². The summed E-state index contributed by atoms with van der Waals surface area (Å²) in [5.41, 5.74) is 0.294. The van der Waals surface area contributed by atoms with Crippen LogP contribution in [0, 0.1) is 17.3 Å². The molecule has 2 saturated carbocycles. The number of alkyl halides is 5. The number of carbonyl (C=O) groups is 2. The molecule has 2 N–H and O–H groups in total. The lowest BCUT2D eigenvalue weighted by Crippen LogP contribution is -2.65. The van der Waals surface area contributed by atoms with E-state index in [9.17, 15) is 27.9 Å². The summed E-state index contributed by atoms with van der Waals surface area (Å²) in [4.78, 5) is 24.5. The maximum atomic E-state index is 15.2. The zero-order valence-electron chi connectivity index (χ0n) is 24.9. The van der Waals surface area contributed by atoms with Crippen LogP contribution in [0.15, 0.2) is 77.4 Å². The van der Waals surface area contributed by atoms with Gasteiger partial charge in [-0.1, -0.05) is 67.1 Å². The number of hydrogen-bond acceptors (Lipinski definition) is 4. The number of ether oxygens (including phenoxy) is 1. The minimum Gasteiger partial charge on any atom is -0.445 e. The lowest BCUT2D eigenvalue weighted by Gasteiger charge is -2.56. The summed E-state index contributed by atoms with van der Waals surface area (Å²) in [5.74, 6) is -6.62. The molecule has 0 spiro atoms. The third-order valence-corrected chi connectivity index (χ3v) is 10.8. The molecule has 2 aromatic carbocycles. The third kappa shape index (κ3) is 5.28. The second-order valence-electron chi connectivity index (χ2n) is 13.1. The van der Waals surface area contributed by atoms with Crippen molar-refractivity contribution >= 4 is 11.9 Å². The van der Waals surface area contributed by atoms with E-state index in [0.29, 0.717) is 37.8 Å². The molecule has 4 aliphatic carbocycles. The highest BCUT2D eigenvalue weighted by molar-refractivity contribution is 5.93. The van der Waals surface area contributed by atoms with Crippen LogP contribution in [0.4, 0.5) is 26.7 Å². The number of rotatable bonds is 6. The first-order valence-corrected chi connectivity index (χ1v) is 15.4. The number of hydrogen-bond donors (Lipinski definition) is 2. The Morgan fingerprint density at radius 1 is 0.978 bits per heavy atom. The van der Waals surface area contributed by atoms with Crippen molar-refractivity contribution in [2.24, 2.45) is 17.3 Å². The van der Waals surface area contributed by atoms with Gasteiger partial charge in [-0.25, -0.2) is 4.79 Å².